The van der Waals surface area contributed by atoms with Gasteiger partial charge in [-0.3, -0.25) is 0 Å². The van der Waals surface area contributed by atoms with Gasteiger partial charge in [-0.15, -0.1) is 0 Å². The van der Waals surface area contributed by atoms with E-state index in [1.165, 1.54) is 6.08 Å². The molecular weight excluding hydrogens is 332 g/mol. The van der Waals surface area contributed by atoms with E-state index in [1.54, 1.807) is 13.2 Å². The zero-order chi connectivity index (χ0) is 18.6. The van der Waals surface area contributed by atoms with Gasteiger partial charge in [-0.1, -0.05) is 54.6 Å². The summed E-state index contributed by atoms with van der Waals surface area (Å²) in [6, 6.07) is 17.3. The Morgan fingerprint density at radius 3 is 2.23 bits per heavy atom. The molecule has 0 unspecified atom stereocenters. The fourth-order valence-corrected chi connectivity index (χ4v) is 2.26. The van der Waals surface area contributed by atoms with E-state index in [9.17, 15) is 10.2 Å². The third-order valence-electron chi connectivity index (χ3n) is 3.77. The number of aliphatic hydroxyl groups is 2. The van der Waals surface area contributed by atoms with E-state index < -0.39 is 12.2 Å². The summed E-state index contributed by atoms with van der Waals surface area (Å²) in [5.41, 5.74) is 2.06. The van der Waals surface area contributed by atoms with Crippen LogP contribution in [0.4, 0.5) is 0 Å². The van der Waals surface area contributed by atoms with E-state index in [-0.39, 0.29) is 6.61 Å². The Morgan fingerprint density at radius 1 is 0.885 bits per heavy atom. The Balaban J connectivity index is 1.61. The topological polar surface area (TPSA) is 68.2 Å². The number of hydrogen-bond acceptors (Lipinski definition) is 5. The first-order valence-electron chi connectivity index (χ1n) is 8.54. The lowest BCUT2D eigenvalue weighted by molar-refractivity contribution is -0.0250. The molecular formula is C21H26O5. The van der Waals surface area contributed by atoms with E-state index >= 15 is 0 Å². The first-order valence-corrected chi connectivity index (χ1v) is 8.54. The molecule has 0 aliphatic carbocycles. The molecule has 0 aromatic heterocycles. The largest absolute Gasteiger partial charge is 0.497 e. The molecule has 0 amide bonds. The normalized spacial score (nSPS) is 13.7. The van der Waals surface area contributed by atoms with E-state index in [1.807, 2.05) is 54.6 Å². The molecule has 5 heteroatoms. The van der Waals surface area contributed by atoms with Crippen LogP contribution in [0.3, 0.4) is 0 Å². The molecule has 0 saturated heterocycles. The van der Waals surface area contributed by atoms with E-state index in [0.717, 1.165) is 16.9 Å². The molecule has 0 radical (unpaired) electrons. The van der Waals surface area contributed by atoms with Gasteiger partial charge in [0.05, 0.1) is 33.5 Å². The molecule has 140 valence electrons. The standard InChI is InChI=1S/C21H26O5/c1-24-19-11-9-18(10-12-19)15-26-16-21(23)20(22)8-5-13-25-14-17-6-3-2-4-7-17/h2-12,20-23H,13-16H2,1H3/b8-5+/t20-,21+/m1/s1. The van der Waals surface area contributed by atoms with Gasteiger partial charge in [-0.2, -0.15) is 0 Å². The maximum Gasteiger partial charge on any atom is 0.118 e. The van der Waals surface area contributed by atoms with Crippen LogP contribution in [0.25, 0.3) is 0 Å². The van der Waals surface area contributed by atoms with Crippen molar-refractivity contribution in [1.82, 2.24) is 0 Å². The van der Waals surface area contributed by atoms with Crippen LogP contribution in [0.5, 0.6) is 5.75 Å². The molecule has 0 aliphatic rings. The highest BCUT2D eigenvalue weighted by atomic mass is 16.5. The van der Waals surface area contributed by atoms with Crippen molar-refractivity contribution in [1.29, 1.82) is 0 Å². The first-order chi connectivity index (χ1) is 12.7. The van der Waals surface area contributed by atoms with Crippen LogP contribution >= 0.6 is 0 Å². The number of hydrogen-bond donors (Lipinski definition) is 2. The van der Waals surface area contributed by atoms with Crippen molar-refractivity contribution in [3.05, 3.63) is 77.9 Å². The molecule has 5 nitrogen and oxygen atoms in total. The number of ether oxygens (including phenoxy) is 3. The average molecular weight is 358 g/mol. The zero-order valence-electron chi connectivity index (χ0n) is 15.0. The predicted octanol–water partition coefficient (Wildman–Crippen LogP) is 2.71. The molecule has 2 aromatic rings. The van der Waals surface area contributed by atoms with Crippen molar-refractivity contribution < 1.29 is 24.4 Å². The van der Waals surface area contributed by atoms with Crippen molar-refractivity contribution in [3.63, 3.8) is 0 Å². The fraction of sp³-hybridized carbons (Fsp3) is 0.333. The van der Waals surface area contributed by atoms with Gasteiger partial charge in [0.1, 0.15) is 18.0 Å². The van der Waals surface area contributed by atoms with Gasteiger partial charge in [0.15, 0.2) is 0 Å². The van der Waals surface area contributed by atoms with Gasteiger partial charge in [0.25, 0.3) is 0 Å². The van der Waals surface area contributed by atoms with Crippen molar-refractivity contribution >= 4 is 0 Å². The first kappa shape index (κ1) is 20.1. The maximum absolute atomic E-state index is 9.93. The van der Waals surface area contributed by atoms with Crippen LogP contribution in [0.1, 0.15) is 11.1 Å². The Kier molecular flexibility index (Phi) is 8.86. The van der Waals surface area contributed by atoms with Gasteiger partial charge in [0.2, 0.25) is 0 Å². The lowest BCUT2D eigenvalue weighted by Crippen LogP contribution is -2.28. The molecule has 2 aromatic carbocycles. The molecule has 0 heterocycles. The summed E-state index contributed by atoms with van der Waals surface area (Å²) in [5, 5.41) is 19.8. The number of aliphatic hydroxyl groups excluding tert-OH is 2. The van der Waals surface area contributed by atoms with E-state index in [0.29, 0.717) is 19.8 Å². The summed E-state index contributed by atoms with van der Waals surface area (Å²) >= 11 is 0. The summed E-state index contributed by atoms with van der Waals surface area (Å²) in [4.78, 5) is 0. The Morgan fingerprint density at radius 2 is 1.54 bits per heavy atom. The number of rotatable bonds is 11. The predicted molar refractivity (Wildman–Crippen MR) is 99.9 cm³/mol. The summed E-state index contributed by atoms with van der Waals surface area (Å²) in [5.74, 6) is 0.781. The second-order valence-corrected chi connectivity index (χ2v) is 5.85. The van der Waals surface area contributed by atoms with Gasteiger partial charge < -0.3 is 24.4 Å². The van der Waals surface area contributed by atoms with Gasteiger partial charge in [0, 0.05) is 0 Å². The molecule has 2 N–H and O–H groups in total. The smallest absolute Gasteiger partial charge is 0.118 e. The highest BCUT2D eigenvalue weighted by Gasteiger charge is 2.13. The minimum Gasteiger partial charge on any atom is -0.497 e. The molecule has 2 atom stereocenters. The van der Waals surface area contributed by atoms with Crippen LogP contribution in [0.15, 0.2) is 66.7 Å². The second kappa shape index (κ2) is 11.4. The molecule has 2 rings (SSSR count). The summed E-state index contributed by atoms with van der Waals surface area (Å²) in [7, 11) is 1.61. The highest BCUT2D eigenvalue weighted by Crippen LogP contribution is 2.12. The third-order valence-corrected chi connectivity index (χ3v) is 3.77. The molecule has 26 heavy (non-hydrogen) atoms. The van der Waals surface area contributed by atoms with Crippen LogP contribution < -0.4 is 4.74 Å². The van der Waals surface area contributed by atoms with Crippen molar-refractivity contribution in [2.45, 2.75) is 25.4 Å². The Bertz CT molecular complexity index is 639. The van der Waals surface area contributed by atoms with Crippen LogP contribution in [-0.4, -0.2) is 42.7 Å². The summed E-state index contributed by atoms with van der Waals surface area (Å²) in [6.45, 7) is 1.28. The minimum atomic E-state index is -0.994. The highest BCUT2D eigenvalue weighted by molar-refractivity contribution is 5.26. The molecule has 0 fully saturated rings. The third kappa shape index (κ3) is 7.37. The second-order valence-electron chi connectivity index (χ2n) is 5.85. The molecule has 0 saturated carbocycles. The van der Waals surface area contributed by atoms with Crippen molar-refractivity contribution in [2.75, 3.05) is 20.3 Å². The van der Waals surface area contributed by atoms with Gasteiger partial charge in [-0.25, -0.2) is 0 Å². The molecule has 0 bridgehead atoms. The molecule has 0 spiro atoms. The van der Waals surface area contributed by atoms with E-state index in [4.69, 9.17) is 14.2 Å². The fourth-order valence-electron chi connectivity index (χ4n) is 2.26. The lowest BCUT2D eigenvalue weighted by atomic mass is 10.2. The Hall–Kier alpha value is -2.18. The van der Waals surface area contributed by atoms with Crippen molar-refractivity contribution in [2.24, 2.45) is 0 Å². The SMILES string of the molecule is COc1ccc(COC[C@H](O)[C@H](O)/C=C/COCc2ccccc2)cc1. The van der Waals surface area contributed by atoms with Gasteiger partial charge in [-0.05, 0) is 23.3 Å². The van der Waals surface area contributed by atoms with Crippen LogP contribution in [-0.2, 0) is 22.7 Å². The van der Waals surface area contributed by atoms with Crippen LogP contribution in [0, 0.1) is 0 Å². The quantitative estimate of drug-likeness (QED) is 0.477. The van der Waals surface area contributed by atoms with E-state index in [2.05, 4.69) is 0 Å². The lowest BCUT2D eigenvalue weighted by Gasteiger charge is -2.15. The summed E-state index contributed by atoms with van der Waals surface area (Å²) < 4.78 is 16.0. The number of benzene rings is 2. The van der Waals surface area contributed by atoms with Gasteiger partial charge >= 0.3 is 0 Å². The average Bonchev–Trinajstić information content (AvgIpc) is 2.68. The maximum atomic E-state index is 9.93. The van der Waals surface area contributed by atoms with Crippen molar-refractivity contribution in [3.8, 4) is 5.75 Å². The number of methoxy groups -OCH3 is 1. The molecule has 0 aliphatic heterocycles. The Labute approximate surface area is 154 Å². The minimum absolute atomic E-state index is 0.0441. The monoisotopic (exact) mass is 358 g/mol. The summed E-state index contributed by atoms with van der Waals surface area (Å²) in [6.07, 6.45) is 1.23. The van der Waals surface area contributed by atoms with Crippen LogP contribution in [0.2, 0.25) is 0 Å². The zero-order valence-corrected chi connectivity index (χ0v) is 15.0.